The molecule has 1 heterocycles. The summed E-state index contributed by atoms with van der Waals surface area (Å²) in [6.45, 7) is 3.08. The number of allylic oxidation sites excluding steroid dienone is 4. The van der Waals surface area contributed by atoms with Crippen LogP contribution >= 0.6 is 0 Å². The van der Waals surface area contributed by atoms with Gasteiger partial charge in [-0.05, 0) is 35.3 Å². The van der Waals surface area contributed by atoms with Gasteiger partial charge in [0.2, 0.25) is 14.1 Å². The quantitative estimate of drug-likeness (QED) is 0.502. The first kappa shape index (κ1) is 29.5. The third kappa shape index (κ3) is 5.64. The average Bonchev–Trinajstić information content (AvgIpc) is 3.22. The molecule has 0 fully saturated rings. The van der Waals surface area contributed by atoms with Gasteiger partial charge in [0.05, 0.1) is 5.69 Å². The molecule has 1 aliphatic heterocycles. The Kier molecular flexibility index (Phi) is 10.0. The van der Waals surface area contributed by atoms with Crippen molar-refractivity contribution in [2.45, 2.75) is 30.5 Å². The van der Waals surface area contributed by atoms with Crippen molar-refractivity contribution in [3.63, 3.8) is 0 Å². The van der Waals surface area contributed by atoms with Gasteiger partial charge in [-0.1, -0.05) is 72.3 Å². The number of benzene rings is 2. The minimum atomic E-state index is -4.58. The van der Waals surface area contributed by atoms with Crippen molar-refractivity contribution in [3.05, 3.63) is 94.6 Å². The third-order valence-corrected chi connectivity index (χ3v) is 10.2. The van der Waals surface area contributed by atoms with Gasteiger partial charge in [-0.2, -0.15) is 0 Å². The van der Waals surface area contributed by atoms with Crippen molar-refractivity contribution in [1.29, 1.82) is 0 Å². The zero-order valence-corrected chi connectivity index (χ0v) is 19.2. The third-order valence-electron chi connectivity index (χ3n) is 5.80. The summed E-state index contributed by atoms with van der Waals surface area (Å²) in [6, 6.07) is 12.9. The minimum absolute atomic E-state index is 0. The fourth-order valence-corrected chi connectivity index (χ4v) is 7.59. The van der Waals surface area contributed by atoms with Crippen LogP contribution in [0.5, 0.6) is 0 Å². The molecule has 0 spiro atoms. The number of rotatable bonds is 6. The van der Waals surface area contributed by atoms with Crippen LogP contribution in [0.15, 0.2) is 72.3 Å². The first-order valence-corrected chi connectivity index (χ1v) is 13.2. The standard InChI is InChI=1S/C23H25N3O4S2.2Na.2H/c1-17-8-10-18(11-9-17)12-13-20-6-2-3-14-23(20,31(24,27)28)32(29,30)26-22-7-4-5-19-15-25-16-21(19)22;;;;/h2-13,25-26H,14-16H2,1H3,(H2,24,27,28);;;;. The van der Waals surface area contributed by atoms with Gasteiger partial charge >= 0.3 is 59.1 Å². The van der Waals surface area contributed by atoms with Gasteiger partial charge in [-0.15, -0.1) is 0 Å². The Hall–Kier alpha value is -0.720. The van der Waals surface area contributed by atoms with Crippen LogP contribution in [-0.2, 0) is 33.1 Å². The second-order valence-corrected chi connectivity index (χ2v) is 11.9. The number of aryl methyl sites for hydroxylation is 1. The summed E-state index contributed by atoms with van der Waals surface area (Å²) in [4.78, 5) is 0. The van der Waals surface area contributed by atoms with E-state index in [1.165, 1.54) is 18.2 Å². The first-order chi connectivity index (χ1) is 15.1. The molecule has 2 aromatic rings. The number of hydrogen-bond donors (Lipinski definition) is 3. The second kappa shape index (κ2) is 11.6. The van der Waals surface area contributed by atoms with Gasteiger partial charge in [0.25, 0.3) is 10.0 Å². The molecule has 0 aromatic heterocycles. The number of sulfonamides is 2. The van der Waals surface area contributed by atoms with E-state index in [-0.39, 0.29) is 71.1 Å². The summed E-state index contributed by atoms with van der Waals surface area (Å²) < 4.78 is 53.3. The summed E-state index contributed by atoms with van der Waals surface area (Å²) in [5, 5.41) is 8.78. The average molecular weight is 520 g/mol. The normalized spacial score (nSPS) is 19.6. The fourth-order valence-electron chi connectivity index (χ4n) is 4.04. The molecule has 2 aliphatic rings. The van der Waals surface area contributed by atoms with Gasteiger partial charge in [0.15, 0.2) is 0 Å². The molecule has 34 heavy (non-hydrogen) atoms. The van der Waals surface area contributed by atoms with E-state index in [2.05, 4.69) is 10.0 Å². The monoisotopic (exact) mass is 519 g/mol. The Morgan fingerprint density at radius 2 is 1.71 bits per heavy atom. The molecule has 0 amide bonds. The van der Waals surface area contributed by atoms with Crippen molar-refractivity contribution in [2.24, 2.45) is 5.14 Å². The summed E-state index contributed by atoms with van der Waals surface area (Å²) in [6.07, 6.45) is 7.52. The van der Waals surface area contributed by atoms with Crippen molar-refractivity contribution >= 4 is 90.9 Å². The molecule has 11 heteroatoms. The number of nitrogens with one attached hydrogen (secondary N) is 2. The van der Waals surface area contributed by atoms with Crippen LogP contribution in [0.4, 0.5) is 5.69 Å². The molecular formula is C23H27N3Na2O4S2. The molecular weight excluding hydrogens is 492 g/mol. The Balaban J connectivity index is 0.00000204. The van der Waals surface area contributed by atoms with Crippen molar-refractivity contribution in [3.8, 4) is 0 Å². The summed E-state index contributed by atoms with van der Waals surface area (Å²) in [5.74, 6) is 0. The summed E-state index contributed by atoms with van der Waals surface area (Å²) in [5.41, 5.74) is 4.10. The van der Waals surface area contributed by atoms with Crippen molar-refractivity contribution < 1.29 is 16.8 Å². The van der Waals surface area contributed by atoms with E-state index >= 15 is 0 Å². The van der Waals surface area contributed by atoms with E-state index in [1.54, 1.807) is 24.3 Å². The first-order valence-electron chi connectivity index (χ1n) is 10.1. The summed E-state index contributed by atoms with van der Waals surface area (Å²) >= 11 is 0. The SMILES string of the molecule is Cc1ccc(C=CC2=CC=CCC2(S(N)(=O)=O)S(=O)(=O)Nc2cccc3c2CNC3)cc1.[NaH].[NaH]. The van der Waals surface area contributed by atoms with E-state index in [9.17, 15) is 16.8 Å². The number of nitrogens with two attached hydrogens (primary N) is 1. The van der Waals surface area contributed by atoms with E-state index in [1.807, 2.05) is 37.3 Å². The van der Waals surface area contributed by atoms with E-state index in [4.69, 9.17) is 5.14 Å². The molecule has 0 bridgehead atoms. The van der Waals surface area contributed by atoms with Crippen molar-refractivity contribution in [1.82, 2.24) is 5.32 Å². The maximum atomic E-state index is 13.7. The topological polar surface area (TPSA) is 118 Å². The maximum absolute atomic E-state index is 13.7. The number of anilines is 1. The van der Waals surface area contributed by atoms with Gasteiger partial charge < -0.3 is 5.32 Å². The van der Waals surface area contributed by atoms with Gasteiger partial charge in [-0.25, -0.2) is 22.0 Å². The van der Waals surface area contributed by atoms with Crippen LogP contribution in [0, 0.1) is 6.92 Å². The zero-order chi connectivity index (χ0) is 23.0. The Morgan fingerprint density at radius 3 is 2.38 bits per heavy atom. The zero-order valence-electron chi connectivity index (χ0n) is 17.6. The Bertz CT molecular complexity index is 1350. The van der Waals surface area contributed by atoms with E-state index in [0.29, 0.717) is 18.8 Å². The molecule has 7 nitrogen and oxygen atoms in total. The summed E-state index contributed by atoms with van der Waals surface area (Å²) in [7, 11) is -9.08. The Morgan fingerprint density at radius 1 is 1.00 bits per heavy atom. The molecule has 1 unspecified atom stereocenters. The second-order valence-electron chi connectivity index (χ2n) is 7.95. The fraction of sp³-hybridized carbons (Fsp3) is 0.217. The molecule has 172 valence electrons. The van der Waals surface area contributed by atoms with Gasteiger partial charge in [-0.3, -0.25) is 4.72 Å². The van der Waals surface area contributed by atoms with Crippen LogP contribution in [0.1, 0.15) is 28.7 Å². The van der Waals surface area contributed by atoms with Gasteiger partial charge in [0, 0.05) is 19.5 Å². The van der Waals surface area contributed by atoms with E-state index in [0.717, 1.165) is 22.3 Å². The molecule has 0 saturated heterocycles. The molecule has 2 aromatic carbocycles. The van der Waals surface area contributed by atoms with Crippen LogP contribution in [0.25, 0.3) is 6.08 Å². The Labute approximate surface area is 245 Å². The number of primary sulfonamides is 1. The number of hydrogen-bond acceptors (Lipinski definition) is 5. The van der Waals surface area contributed by atoms with Crippen LogP contribution in [0.3, 0.4) is 0 Å². The molecule has 4 rings (SSSR count). The molecule has 0 saturated carbocycles. The molecule has 0 radical (unpaired) electrons. The van der Waals surface area contributed by atoms with Crippen molar-refractivity contribution in [2.75, 3.05) is 4.72 Å². The van der Waals surface area contributed by atoms with E-state index < -0.39 is 24.1 Å². The predicted octanol–water partition coefficient (Wildman–Crippen LogP) is 1.63. The molecule has 1 atom stereocenters. The predicted molar refractivity (Wildman–Crippen MR) is 142 cm³/mol. The van der Waals surface area contributed by atoms with Gasteiger partial charge in [0.1, 0.15) is 0 Å². The molecule has 1 aliphatic carbocycles. The van der Waals surface area contributed by atoms with Crippen LogP contribution in [0.2, 0.25) is 0 Å². The number of fused-ring (bicyclic) bond motifs is 1. The molecule has 4 N–H and O–H groups in total. The van der Waals surface area contributed by atoms with Crippen LogP contribution in [-0.4, -0.2) is 80.0 Å². The van der Waals surface area contributed by atoms with Crippen LogP contribution < -0.4 is 15.2 Å².